The van der Waals surface area contributed by atoms with Gasteiger partial charge in [-0.2, -0.15) is 0 Å². The smallest absolute Gasteiger partial charge is 0.338 e. The highest BCUT2D eigenvalue weighted by molar-refractivity contribution is 7.07. The Kier molecular flexibility index (Phi) is 8.87. The number of allylic oxidation sites excluding steroid dienone is 1. The highest BCUT2D eigenvalue weighted by Gasteiger charge is 2.33. The maximum atomic E-state index is 13.7. The second kappa shape index (κ2) is 12.1. The molecule has 0 spiro atoms. The fraction of sp³-hybridized carbons (Fsp3) is 0.296. The van der Waals surface area contributed by atoms with E-state index in [2.05, 4.69) is 4.99 Å². The third-order valence-electron chi connectivity index (χ3n) is 5.68. The van der Waals surface area contributed by atoms with E-state index < -0.39 is 12.0 Å². The van der Waals surface area contributed by atoms with Crippen LogP contribution in [0.3, 0.4) is 0 Å². The number of halogens is 2. The summed E-state index contributed by atoms with van der Waals surface area (Å²) >= 11 is 13.6. The Balaban J connectivity index is 1.85. The van der Waals surface area contributed by atoms with Gasteiger partial charge in [0.15, 0.2) is 4.80 Å². The van der Waals surface area contributed by atoms with Crippen LogP contribution in [0.15, 0.2) is 63.5 Å². The van der Waals surface area contributed by atoms with Crippen molar-refractivity contribution in [1.82, 2.24) is 4.57 Å². The Morgan fingerprint density at radius 1 is 1.14 bits per heavy atom. The van der Waals surface area contributed by atoms with Gasteiger partial charge in [-0.25, -0.2) is 9.79 Å². The van der Waals surface area contributed by atoms with Gasteiger partial charge in [-0.15, -0.1) is 0 Å². The predicted molar refractivity (Wildman–Crippen MR) is 145 cm³/mol. The van der Waals surface area contributed by atoms with Crippen LogP contribution in [0.1, 0.15) is 37.4 Å². The van der Waals surface area contributed by atoms with E-state index in [-0.39, 0.29) is 18.8 Å². The minimum atomic E-state index is -0.727. The summed E-state index contributed by atoms with van der Waals surface area (Å²) in [4.78, 5) is 32.0. The average molecular weight is 561 g/mol. The zero-order valence-electron chi connectivity index (χ0n) is 20.6. The first-order chi connectivity index (χ1) is 17.8. The number of benzene rings is 2. The highest BCUT2D eigenvalue weighted by atomic mass is 35.5. The van der Waals surface area contributed by atoms with E-state index >= 15 is 0 Å². The molecule has 0 saturated heterocycles. The molecular formula is C27H26Cl2N2O5S. The van der Waals surface area contributed by atoms with Crippen molar-refractivity contribution in [3.8, 4) is 5.75 Å². The molecule has 0 saturated carbocycles. The molecule has 2 aromatic carbocycles. The molecule has 0 radical (unpaired) electrons. The third-order valence-corrected chi connectivity index (χ3v) is 7.23. The summed E-state index contributed by atoms with van der Waals surface area (Å²) in [6.45, 7) is 4.71. The standard InChI is InChI=1S/C27H26Cl2N2O5S/c1-4-11-35-20-9-6-17(7-10-20)24-23(26(33)36-13-12-34-3)16(2)30-27-31(24)25(32)22(37-27)14-18-5-8-19(28)15-21(18)29/h5-10,14-15,24H,4,11-13H2,1-3H3. The Morgan fingerprint density at radius 3 is 2.57 bits per heavy atom. The van der Waals surface area contributed by atoms with Gasteiger partial charge in [-0.1, -0.05) is 59.7 Å². The van der Waals surface area contributed by atoms with Crippen LogP contribution >= 0.6 is 34.5 Å². The zero-order valence-corrected chi connectivity index (χ0v) is 23.0. The molecule has 4 rings (SSSR count). The quantitative estimate of drug-likeness (QED) is 0.284. The minimum absolute atomic E-state index is 0.0854. The summed E-state index contributed by atoms with van der Waals surface area (Å²) in [5.41, 5.74) is 1.87. The van der Waals surface area contributed by atoms with E-state index in [0.717, 1.165) is 12.0 Å². The number of carbonyl (C=O) groups is 1. The Bertz CT molecular complexity index is 1510. The van der Waals surface area contributed by atoms with Gasteiger partial charge in [0.2, 0.25) is 0 Å². The molecule has 0 aliphatic carbocycles. The number of esters is 1. The second-order valence-electron chi connectivity index (χ2n) is 8.29. The molecule has 1 aromatic heterocycles. The number of nitrogens with zero attached hydrogens (tertiary/aromatic N) is 2. The van der Waals surface area contributed by atoms with Crippen molar-refractivity contribution in [2.24, 2.45) is 4.99 Å². The van der Waals surface area contributed by atoms with Crippen LogP contribution in [-0.2, 0) is 14.3 Å². The van der Waals surface area contributed by atoms with Crippen molar-refractivity contribution in [2.75, 3.05) is 26.9 Å². The van der Waals surface area contributed by atoms with Gasteiger partial charge in [0.1, 0.15) is 12.4 Å². The molecule has 10 heteroatoms. The first-order valence-corrected chi connectivity index (χ1v) is 13.3. The molecule has 194 valence electrons. The van der Waals surface area contributed by atoms with Crippen LogP contribution in [-0.4, -0.2) is 37.5 Å². The molecule has 0 amide bonds. The van der Waals surface area contributed by atoms with E-state index in [1.807, 2.05) is 31.2 Å². The van der Waals surface area contributed by atoms with Crippen molar-refractivity contribution < 1.29 is 19.0 Å². The Morgan fingerprint density at radius 2 is 1.89 bits per heavy atom. The molecule has 0 fully saturated rings. The molecule has 3 aromatic rings. The van der Waals surface area contributed by atoms with Crippen LogP contribution in [0.2, 0.25) is 10.0 Å². The van der Waals surface area contributed by atoms with Gasteiger partial charge in [0.25, 0.3) is 5.56 Å². The number of rotatable bonds is 9. The molecule has 1 unspecified atom stereocenters. The van der Waals surface area contributed by atoms with Crippen molar-refractivity contribution >= 4 is 46.6 Å². The van der Waals surface area contributed by atoms with Crippen LogP contribution in [0, 0.1) is 0 Å². The summed E-state index contributed by atoms with van der Waals surface area (Å²) in [7, 11) is 1.53. The van der Waals surface area contributed by atoms with Gasteiger partial charge in [-0.3, -0.25) is 9.36 Å². The molecular weight excluding hydrogens is 535 g/mol. The Labute approximate surface area is 228 Å². The molecule has 1 aliphatic heterocycles. The van der Waals surface area contributed by atoms with Crippen LogP contribution in [0.4, 0.5) is 0 Å². The maximum Gasteiger partial charge on any atom is 0.338 e. The maximum absolute atomic E-state index is 13.7. The van der Waals surface area contributed by atoms with Gasteiger partial charge in [0, 0.05) is 17.2 Å². The van der Waals surface area contributed by atoms with Gasteiger partial charge in [-0.05, 0) is 54.8 Å². The SMILES string of the molecule is CCCOc1ccc(C2C(C(=O)OCCOC)=C(C)N=c3sc(=Cc4ccc(Cl)cc4Cl)c(=O)n32)cc1. The second-order valence-corrected chi connectivity index (χ2v) is 10.1. The topological polar surface area (TPSA) is 79.1 Å². The summed E-state index contributed by atoms with van der Waals surface area (Å²) in [5.74, 6) is 0.157. The van der Waals surface area contributed by atoms with Crippen molar-refractivity contribution in [3.05, 3.63) is 94.6 Å². The number of methoxy groups -OCH3 is 1. The lowest BCUT2D eigenvalue weighted by atomic mass is 9.96. The number of aromatic nitrogens is 1. The monoisotopic (exact) mass is 560 g/mol. The molecule has 0 N–H and O–H groups in total. The molecule has 2 heterocycles. The van der Waals surface area contributed by atoms with E-state index in [1.54, 1.807) is 31.2 Å². The number of fused-ring (bicyclic) bond motifs is 1. The lowest BCUT2D eigenvalue weighted by molar-refractivity contribution is -0.140. The number of carbonyl (C=O) groups excluding carboxylic acids is 1. The highest BCUT2D eigenvalue weighted by Crippen LogP contribution is 2.31. The van der Waals surface area contributed by atoms with Gasteiger partial charge < -0.3 is 14.2 Å². The number of hydrogen-bond donors (Lipinski definition) is 0. The van der Waals surface area contributed by atoms with Crippen molar-refractivity contribution in [1.29, 1.82) is 0 Å². The summed E-state index contributed by atoms with van der Waals surface area (Å²) in [5, 5.41) is 0.929. The fourth-order valence-corrected chi connectivity index (χ4v) is 5.42. The van der Waals surface area contributed by atoms with E-state index in [4.69, 9.17) is 37.4 Å². The van der Waals surface area contributed by atoms with E-state index in [0.29, 0.717) is 48.6 Å². The Hall–Kier alpha value is -2.91. The molecule has 7 nitrogen and oxygen atoms in total. The first kappa shape index (κ1) is 27.1. The molecule has 1 aliphatic rings. The largest absolute Gasteiger partial charge is 0.494 e. The van der Waals surface area contributed by atoms with Crippen molar-refractivity contribution in [2.45, 2.75) is 26.3 Å². The molecule has 1 atom stereocenters. The van der Waals surface area contributed by atoms with E-state index in [9.17, 15) is 9.59 Å². The van der Waals surface area contributed by atoms with Crippen LogP contribution < -0.4 is 19.6 Å². The summed E-state index contributed by atoms with van der Waals surface area (Å²) in [6.07, 6.45) is 2.59. The normalized spacial score (nSPS) is 15.4. The lowest BCUT2D eigenvalue weighted by Crippen LogP contribution is -2.40. The number of thiazole rings is 1. The lowest BCUT2D eigenvalue weighted by Gasteiger charge is -2.25. The van der Waals surface area contributed by atoms with E-state index in [1.165, 1.54) is 23.0 Å². The average Bonchev–Trinajstić information content (AvgIpc) is 3.18. The summed E-state index contributed by atoms with van der Waals surface area (Å²) in [6, 6.07) is 11.7. The first-order valence-electron chi connectivity index (χ1n) is 11.7. The third kappa shape index (κ3) is 5.99. The molecule has 0 bridgehead atoms. The van der Waals surface area contributed by atoms with Gasteiger partial charge in [0.05, 0.1) is 35.1 Å². The summed E-state index contributed by atoms with van der Waals surface area (Å²) < 4.78 is 18.1. The fourth-order valence-electron chi connectivity index (χ4n) is 3.92. The van der Waals surface area contributed by atoms with Gasteiger partial charge >= 0.3 is 5.97 Å². The van der Waals surface area contributed by atoms with Crippen molar-refractivity contribution in [3.63, 3.8) is 0 Å². The number of hydrogen-bond acceptors (Lipinski definition) is 7. The predicted octanol–water partition coefficient (Wildman–Crippen LogP) is 4.52. The minimum Gasteiger partial charge on any atom is -0.494 e. The van der Waals surface area contributed by atoms with Crippen LogP contribution in [0.5, 0.6) is 5.75 Å². The van der Waals surface area contributed by atoms with Crippen LogP contribution in [0.25, 0.3) is 6.08 Å². The zero-order chi connectivity index (χ0) is 26.5. The number of ether oxygens (including phenoxy) is 3. The molecule has 37 heavy (non-hydrogen) atoms.